The summed E-state index contributed by atoms with van der Waals surface area (Å²) in [5, 5.41) is 6.28. The van der Waals surface area contributed by atoms with Crippen molar-refractivity contribution in [2.24, 2.45) is 0 Å². The Hall–Kier alpha value is -1.58. The van der Waals surface area contributed by atoms with Crippen LogP contribution in [0.1, 0.15) is 25.0 Å². The number of aromatic nitrogens is 1. The van der Waals surface area contributed by atoms with E-state index in [2.05, 4.69) is 15.6 Å². The van der Waals surface area contributed by atoms with Crippen molar-refractivity contribution in [2.45, 2.75) is 32.2 Å². The van der Waals surface area contributed by atoms with Gasteiger partial charge in [-0.15, -0.1) is 0 Å². The minimum atomic E-state index is 0.136. The van der Waals surface area contributed by atoms with E-state index in [1.54, 1.807) is 6.20 Å². The van der Waals surface area contributed by atoms with Crippen LogP contribution in [0, 0.1) is 6.92 Å². The Balaban J connectivity index is 2.03. The second kappa shape index (κ2) is 4.96. The van der Waals surface area contributed by atoms with Crippen LogP contribution in [0.4, 0.5) is 5.69 Å². The number of aryl methyl sites for hydroxylation is 1. The van der Waals surface area contributed by atoms with Gasteiger partial charge in [0.25, 0.3) is 0 Å². The van der Waals surface area contributed by atoms with E-state index < -0.39 is 0 Å². The molecule has 1 atom stereocenters. The molecule has 0 bridgehead atoms. The molecule has 2 rings (SSSR count). The maximum atomic E-state index is 11.4. The Kier molecular flexibility index (Phi) is 3.39. The van der Waals surface area contributed by atoms with Gasteiger partial charge in [0.15, 0.2) is 0 Å². The molecule has 0 radical (unpaired) electrons. The van der Waals surface area contributed by atoms with Gasteiger partial charge in [0.1, 0.15) is 0 Å². The largest absolute Gasteiger partial charge is 0.380 e. The van der Waals surface area contributed by atoms with Crippen molar-refractivity contribution in [1.82, 2.24) is 10.3 Å². The standard InChI is InChI=1S/C12H17N3O/c1-9-11(5-3-6-13-9)15-10-4-2-7-14-12(16)8-10/h3,5-6,10,15H,2,4,7-8H2,1H3,(H,14,16). The minimum absolute atomic E-state index is 0.136. The van der Waals surface area contributed by atoms with Gasteiger partial charge in [0.05, 0.1) is 11.4 Å². The average molecular weight is 219 g/mol. The molecule has 1 fully saturated rings. The fourth-order valence-electron chi connectivity index (χ4n) is 1.95. The van der Waals surface area contributed by atoms with Crippen molar-refractivity contribution in [3.05, 3.63) is 24.0 Å². The zero-order chi connectivity index (χ0) is 11.4. The first kappa shape index (κ1) is 10.9. The summed E-state index contributed by atoms with van der Waals surface area (Å²) in [5.74, 6) is 0.136. The third-order valence-electron chi connectivity index (χ3n) is 2.85. The highest BCUT2D eigenvalue weighted by molar-refractivity contribution is 5.77. The van der Waals surface area contributed by atoms with E-state index >= 15 is 0 Å². The zero-order valence-electron chi connectivity index (χ0n) is 9.49. The summed E-state index contributed by atoms with van der Waals surface area (Å²) in [5.41, 5.74) is 2.01. The van der Waals surface area contributed by atoms with Crippen LogP contribution in [0.2, 0.25) is 0 Å². The molecule has 1 aromatic heterocycles. The number of hydrogen-bond acceptors (Lipinski definition) is 3. The van der Waals surface area contributed by atoms with Gasteiger partial charge in [0.2, 0.25) is 5.91 Å². The lowest BCUT2D eigenvalue weighted by atomic mass is 10.1. The SMILES string of the molecule is Cc1ncccc1NC1CCCNC(=O)C1. The number of hydrogen-bond donors (Lipinski definition) is 2. The van der Waals surface area contributed by atoms with Gasteiger partial charge in [0, 0.05) is 25.2 Å². The van der Waals surface area contributed by atoms with Gasteiger partial charge in [-0.2, -0.15) is 0 Å². The highest BCUT2D eigenvalue weighted by atomic mass is 16.1. The van der Waals surface area contributed by atoms with Crippen LogP contribution < -0.4 is 10.6 Å². The van der Waals surface area contributed by atoms with E-state index in [9.17, 15) is 4.79 Å². The van der Waals surface area contributed by atoms with Crippen LogP contribution >= 0.6 is 0 Å². The topological polar surface area (TPSA) is 54.0 Å². The molecule has 0 spiro atoms. The number of carbonyl (C=O) groups is 1. The molecule has 1 amide bonds. The third kappa shape index (κ3) is 2.72. The van der Waals surface area contributed by atoms with Gasteiger partial charge >= 0.3 is 0 Å². The highest BCUT2D eigenvalue weighted by Gasteiger charge is 2.17. The molecule has 0 aliphatic carbocycles. The van der Waals surface area contributed by atoms with Crippen LogP contribution in [0.25, 0.3) is 0 Å². The molecule has 86 valence electrons. The summed E-state index contributed by atoms with van der Waals surface area (Å²) >= 11 is 0. The molecule has 1 aromatic rings. The summed E-state index contributed by atoms with van der Waals surface area (Å²) in [6.07, 6.45) is 4.38. The first-order valence-corrected chi connectivity index (χ1v) is 5.70. The van der Waals surface area contributed by atoms with Crippen LogP contribution in [0.3, 0.4) is 0 Å². The van der Waals surface area contributed by atoms with Gasteiger partial charge < -0.3 is 10.6 Å². The van der Waals surface area contributed by atoms with Crippen molar-refractivity contribution in [1.29, 1.82) is 0 Å². The molecule has 0 aromatic carbocycles. The van der Waals surface area contributed by atoms with E-state index in [-0.39, 0.29) is 11.9 Å². The lowest BCUT2D eigenvalue weighted by Crippen LogP contribution is -2.27. The van der Waals surface area contributed by atoms with E-state index in [0.29, 0.717) is 6.42 Å². The lowest BCUT2D eigenvalue weighted by molar-refractivity contribution is -0.120. The number of carbonyl (C=O) groups excluding carboxylic acids is 1. The molecule has 2 N–H and O–H groups in total. The van der Waals surface area contributed by atoms with Crippen molar-refractivity contribution in [2.75, 3.05) is 11.9 Å². The van der Waals surface area contributed by atoms with Crippen molar-refractivity contribution in [3.8, 4) is 0 Å². The normalized spacial score (nSPS) is 21.1. The third-order valence-corrected chi connectivity index (χ3v) is 2.85. The first-order chi connectivity index (χ1) is 7.75. The van der Waals surface area contributed by atoms with Gasteiger partial charge in [-0.3, -0.25) is 9.78 Å². The minimum Gasteiger partial charge on any atom is -0.380 e. The predicted molar refractivity (Wildman–Crippen MR) is 63.2 cm³/mol. The number of rotatable bonds is 2. The predicted octanol–water partition coefficient (Wildman–Crippen LogP) is 1.47. The molecular weight excluding hydrogens is 202 g/mol. The van der Waals surface area contributed by atoms with Crippen molar-refractivity contribution in [3.63, 3.8) is 0 Å². The summed E-state index contributed by atoms with van der Waals surface area (Å²) < 4.78 is 0. The van der Waals surface area contributed by atoms with E-state index in [4.69, 9.17) is 0 Å². The molecule has 2 heterocycles. The number of pyridine rings is 1. The second-order valence-electron chi connectivity index (χ2n) is 4.17. The maximum absolute atomic E-state index is 11.4. The molecule has 4 nitrogen and oxygen atoms in total. The molecule has 1 saturated heterocycles. The summed E-state index contributed by atoms with van der Waals surface area (Å²) in [4.78, 5) is 15.6. The van der Waals surface area contributed by atoms with Crippen molar-refractivity contribution >= 4 is 11.6 Å². The monoisotopic (exact) mass is 219 g/mol. The van der Waals surface area contributed by atoms with E-state index in [1.807, 2.05) is 19.1 Å². The van der Waals surface area contributed by atoms with Gasteiger partial charge in [-0.25, -0.2) is 0 Å². The van der Waals surface area contributed by atoms with Crippen LogP contribution in [-0.4, -0.2) is 23.5 Å². The van der Waals surface area contributed by atoms with Crippen LogP contribution in [-0.2, 0) is 4.79 Å². The fourth-order valence-corrected chi connectivity index (χ4v) is 1.95. The lowest BCUT2D eigenvalue weighted by Gasteiger charge is -2.17. The highest BCUT2D eigenvalue weighted by Crippen LogP contribution is 2.16. The molecule has 1 unspecified atom stereocenters. The van der Waals surface area contributed by atoms with Gasteiger partial charge in [-0.1, -0.05) is 0 Å². The molecule has 0 saturated carbocycles. The molecule has 1 aliphatic heterocycles. The maximum Gasteiger partial charge on any atom is 0.222 e. The zero-order valence-corrected chi connectivity index (χ0v) is 9.49. The van der Waals surface area contributed by atoms with Crippen molar-refractivity contribution < 1.29 is 4.79 Å². The quantitative estimate of drug-likeness (QED) is 0.792. The number of amides is 1. The smallest absolute Gasteiger partial charge is 0.222 e. The summed E-state index contributed by atoms with van der Waals surface area (Å²) in [6, 6.07) is 4.14. The van der Waals surface area contributed by atoms with Crippen LogP contribution in [0.5, 0.6) is 0 Å². The first-order valence-electron chi connectivity index (χ1n) is 5.70. The summed E-state index contributed by atoms with van der Waals surface area (Å²) in [7, 11) is 0. The number of anilines is 1. The average Bonchev–Trinajstić information content (AvgIpc) is 2.46. The number of nitrogens with zero attached hydrogens (tertiary/aromatic N) is 1. The Morgan fingerprint density at radius 2 is 2.44 bits per heavy atom. The van der Waals surface area contributed by atoms with Crippen LogP contribution in [0.15, 0.2) is 18.3 Å². The van der Waals surface area contributed by atoms with Gasteiger partial charge in [-0.05, 0) is 31.9 Å². The Labute approximate surface area is 95.5 Å². The summed E-state index contributed by atoms with van der Waals surface area (Å²) in [6.45, 7) is 2.77. The Morgan fingerprint density at radius 1 is 1.56 bits per heavy atom. The molecular formula is C12H17N3O. The Bertz CT molecular complexity index is 378. The number of nitrogens with one attached hydrogen (secondary N) is 2. The molecule has 4 heteroatoms. The fraction of sp³-hybridized carbons (Fsp3) is 0.500. The van der Waals surface area contributed by atoms with E-state index in [0.717, 1.165) is 30.8 Å². The Morgan fingerprint density at radius 3 is 3.25 bits per heavy atom. The molecule has 16 heavy (non-hydrogen) atoms. The molecule has 1 aliphatic rings. The van der Waals surface area contributed by atoms with E-state index in [1.165, 1.54) is 0 Å². The second-order valence-corrected chi connectivity index (χ2v) is 4.17.